The van der Waals surface area contributed by atoms with Gasteiger partial charge in [-0.1, -0.05) is 18.2 Å². The first kappa shape index (κ1) is 16.6. The monoisotopic (exact) mass is 353 g/mol. The van der Waals surface area contributed by atoms with Crippen molar-refractivity contribution in [3.63, 3.8) is 0 Å². The minimum absolute atomic E-state index is 0.153. The van der Waals surface area contributed by atoms with Crippen LogP contribution in [0.5, 0.6) is 11.5 Å². The molecule has 26 heavy (non-hydrogen) atoms. The number of ether oxygens (including phenoxy) is 2. The summed E-state index contributed by atoms with van der Waals surface area (Å²) in [4.78, 5) is 16.7. The Kier molecular flexibility index (Phi) is 4.56. The van der Waals surface area contributed by atoms with Crippen molar-refractivity contribution in [1.29, 1.82) is 0 Å². The lowest BCUT2D eigenvalue weighted by Gasteiger charge is -2.24. The molecule has 4 rings (SSSR count). The summed E-state index contributed by atoms with van der Waals surface area (Å²) in [6.45, 7) is 2.96. The van der Waals surface area contributed by atoms with Crippen molar-refractivity contribution in [1.82, 2.24) is 4.90 Å². The van der Waals surface area contributed by atoms with Crippen molar-refractivity contribution in [3.8, 4) is 11.5 Å². The molecule has 1 N–H and O–H groups in total. The molecule has 0 bridgehead atoms. The van der Waals surface area contributed by atoms with Crippen LogP contribution in [-0.2, 0) is 6.54 Å². The van der Waals surface area contributed by atoms with Crippen LogP contribution in [0.2, 0.25) is 0 Å². The van der Waals surface area contributed by atoms with Crippen molar-refractivity contribution in [3.05, 3.63) is 48.0 Å². The summed E-state index contributed by atoms with van der Waals surface area (Å²) in [5.74, 6) is 1.36. The van der Waals surface area contributed by atoms with E-state index >= 15 is 0 Å². The van der Waals surface area contributed by atoms with Gasteiger partial charge in [0.15, 0.2) is 11.5 Å². The second-order valence-electron chi connectivity index (χ2n) is 6.68. The summed E-state index contributed by atoms with van der Waals surface area (Å²) in [5.41, 5.74) is 3.09. The van der Waals surface area contributed by atoms with Crippen molar-refractivity contribution < 1.29 is 14.3 Å². The number of amides is 2. The Bertz CT molecular complexity index is 803. The third-order valence-corrected chi connectivity index (χ3v) is 4.82. The lowest BCUT2D eigenvalue weighted by atomic mass is 10.1. The van der Waals surface area contributed by atoms with E-state index in [0.29, 0.717) is 23.7 Å². The fraction of sp³-hybridized carbons (Fsp3) is 0.350. The zero-order valence-corrected chi connectivity index (χ0v) is 14.9. The quantitative estimate of drug-likeness (QED) is 0.911. The number of para-hydroxylation sites is 1. The first-order chi connectivity index (χ1) is 12.7. The molecule has 0 atom stereocenters. The number of nitrogens with zero attached hydrogens (tertiary/aromatic N) is 2. The fourth-order valence-corrected chi connectivity index (χ4v) is 3.43. The van der Waals surface area contributed by atoms with Crippen LogP contribution in [0, 0.1) is 0 Å². The number of hydrogen-bond donors (Lipinski definition) is 1. The first-order valence-corrected chi connectivity index (χ1v) is 8.95. The van der Waals surface area contributed by atoms with Gasteiger partial charge in [-0.15, -0.1) is 0 Å². The normalized spacial score (nSPS) is 15.2. The Morgan fingerprint density at radius 3 is 2.73 bits per heavy atom. The van der Waals surface area contributed by atoms with Crippen LogP contribution < -0.4 is 19.7 Å². The molecule has 2 aromatic rings. The highest BCUT2D eigenvalue weighted by Crippen LogP contribution is 2.34. The van der Waals surface area contributed by atoms with Gasteiger partial charge in [0.25, 0.3) is 0 Å². The van der Waals surface area contributed by atoms with E-state index in [1.54, 1.807) is 17.0 Å². The molecule has 2 aromatic carbocycles. The molecular formula is C20H23N3O3. The number of carbonyl (C=O) groups is 1. The molecular weight excluding hydrogens is 330 g/mol. The highest BCUT2D eigenvalue weighted by Gasteiger charge is 2.19. The average molecular weight is 353 g/mol. The predicted octanol–water partition coefficient (Wildman–Crippen LogP) is 3.68. The van der Waals surface area contributed by atoms with Crippen molar-refractivity contribution in [2.24, 2.45) is 0 Å². The number of benzene rings is 2. The highest BCUT2D eigenvalue weighted by atomic mass is 16.7. The molecule has 6 nitrogen and oxygen atoms in total. The smallest absolute Gasteiger partial charge is 0.321 e. The molecule has 0 saturated carbocycles. The van der Waals surface area contributed by atoms with Gasteiger partial charge in [-0.05, 0) is 36.6 Å². The summed E-state index contributed by atoms with van der Waals surface area (Å²) >= 11 is 0. The average Bonchev–Trinajstić information content (AvgIpc) is 3.33. The third kappa shape index (κ3) is 3.40. The van der Waals surface area contributed by atoms with E-state index in [1.807, 2.05) is 19.2 Å². The largest absolute Gasteiger partial charge is 0.454 e. The molecule has 0 aromatic heterocycles. The van der Waals surface area contributed by atoms with Gasteiger partial charge in [0.2, 0.25) is 6.79 Å². The maximum absolute atomic E-state index is 12.6. The first-order valence-electron chi connectivity index (χ1n) is 8.95. The molecule has 6 heteroatoms. The van der Waals surface area contributed by atoms with Crippen molar-refractivity contribution >= 4 is 17.4 Å². The van der Waals surface area contributed by atoms with Crippen LogP contribution in [-0.4, -0.2) is 37.9 Å². The number of carbonyl (C=O) groups excluding carboxylic acids is 1. The number of fused-ring (bicyclic) bond motifs is 1. The lowest BCUT2D eigenvalue weighted by Crippen LogP contribution is -2.31. The summed E-state index contributed by atoms with van der Waals surface area (Å²) in [5, 5.41) is 2.92. The topological polar surface area (TPSA) is 54.0 Å². The van der Waals surface area contributed by atoms with Gasteiger partial charge >= 0.3 is 6.03 Å². The van der Waals surface area contributed by atoms with Gasteiger partial charge in [-0.25, -0.2) is 4.79 Å². The zero-order valence-electron chi connectivity index (χ0n) is 14.9. The van der Waals surface area contributed by atoms with E-state index in [1.165, 1.54) is 18.5 Å². The van der Waals surface area contributed by atoms with Crippen LogP contribution in [0.4, 0.5) is 16.2 Å². The van der Waals surface area contributed by atoms with E-state index in [4.69, 9.17) is 9.47 Å². The van der Waals surface area contributed by atoms with Gasteiger partial charge in [0.05, 0.1) is 0 Å². The molecule has 0 aliphatic carbocycles. The van der Waals surface area contributed by atoms with Gasteiger partial charge in [-0.2, -0.15) is 0 Å². The van der Waals surface area contributed by atoms with Crippen LogP contribution in [0.15, 0.2) is 42.5 Å². The van der Waals surface area contributed by atoms with E-state index in [2.05, 4.69) is 28.4 Å². The molecule has 136 valence electrons. The summed E-state index contributed by atoms with van der Waals surface area (Å²) in [6, 6.07) is 13.6. The highest BCUT2D eigenvalue weighted by molar-refractivity contribution is 5.89. The Morgan fingerprint density at radius 1 is 1.12 bits per heavy atom. The molecule has 2 amide bonds. The Hall–Kier alpha value is -2.89. The SMILES string of the molecule is CN(Cc1ccccc1N1CCCC1)C(=O)Nc1ccc2c(c1)OCO2. The maximum Gasteiger partial charge on any atom is 0.321 e. The molecule has 1 saturated heterocycles. The van der Waals surface area contributed by atoms with E-state index in [0.717, 1.165) is 18.7 Å². The van der Waals surface area contributed by atoms with E-state index in [-0.39, 0.29) is 12.8 Å². The van der Waals surface area contributed by atoms with Crippen LogP contribution in [0.25, 0.3) is 0 Å². The molecule has 0 radical (unpaired) electrons. The van der Waals surface area contributed by atoms with Crippen LogP contribution in [0.3, 0.4) is 0 Å². The van der Waals surface area contributed by atoms with E-state index in [9.17, 15) is 4.79 Å². The number of urea groups is 1. The third-order valence-electron chi connectivity index (χ3n) is 4.82. The second-order valence-corrected chi connectivity index (χ2v) is 6.68. The predicted molar refractivity (Wildman–Crippen MR) is 101 cm³/mol. The molecule has 1 fully saturated rings. The summed E-state index contributed by atoms with van der Waals surface area (Å²) < 4.78 is 10.7. The Labute approximate surface area is 153 Å². The maximum atomic E-state index is 12.6. The van der Waals surface area contributed by atoms with Gasteiger partial charge < -0.3 is 24.6 Å². The minimum atomic E-state index is -0.153. The molecule has 0 unspecified atom stereocenters. The lowest BCUT2D eigenvalue weighted by molar-refractivity contribution is 0.174. The van der Waals surface area contributed by atoms with Crippen LogP contribution >= 0.6 is 0 Å². The van der Waals surface area contributed by atoms with Crippen molar-refractivity contribution in [2.75, 3.05) is 37.1 Å². The fourth-order valence-electron chi connectivity index (χ4n) is 3.43. The number of rotatable bonds is 4. The molecule has 2 aliphatic rings. The second kappa shape index (κ2) is 7.15. The zero-order chi connectivity index (χ0) is 17.9. The number of nitrogens with one attached hydrogen (secondary N) is 1. The molecule has 2 aliphatic heterocycles. The van der Waals surface area contributed by atoms with Gasteiger partial charge in [-0.3, -0.25) is 0 Å². The number of anilines is 2. The van der Waals surface area contributed by atoms with Gasteiger partial charge in [0.1, 0.15) is 0 Å². The molecule has 0 spiro atoms. The summed E-state index contributed by atoms with van der Waals surface area (Å²) in [6.07, 6.45) is 2.46. The van der Waals surface area contributed by atoms with Gasteiger partial charge in [0, 0.05) is 44.1 Å². The minimum Gasteiger partial charge on any atom is -0.454 e. The van der Waals surface area contributed by atoms with E-state index < -0.39 is 0 Å². The Morgan fingerprint density at radius 2 is 1.88 bits per heavy atom. The molecule has 2 heterocycles. The Balaban J connectivity index is 1.43. The van der Waals surface area contributed by atoms with Crippen molar-refractivity contribution in [2.45, 2.75) is 19.4 Å². The summed E-state index contributed by atoms with van der Waals surface area (Å²) in [7, 11) is 1.81. The van der Waals surface area contributed by atoms with Crippen LogP contribution in [0.1, 0.15) is 18.4 Å². The standard InChI is InChI=1S/C20H23N3O3/c1-22(13-15-6-2-3-7-17(15)23-10-4-5-11-23)20(24)21-16-8-9-18-19(12-16)26-14-25-18/h2-3,6-9,12H,4-5,10-11,13-14H2,1H3,(H,21,24). The number of hydrogen-bond acceptors (Lipinski definition) is 4.